The highest BCUT2D eigenvalue weighted by atomic mass is 16.4. The van der Waals surface area contributed by atoms with Gasteiger partial charge in [0.05, 0.1) is 24.3 Å². The average Bonchev–Trinajstić information content (AvgIpc) is 3.11. The first-order chi connectivity index (χ1) is 13.8. The minimum absolute atomic E-state index is 0.230. The zero-order valence-corrected chi connectivity index (χ0v) is 16.1. The molecule has 5 rings (SSSR count). The Morgan fingerprint density at radius 2 is 1.89 bits per heavy atom. The molecule has 0 radical (unpaired) electrons. The van der Waals surface area contributed by atoms with Gasteiger partial charge in [-0.3, -0.25) is 14.6 Å². The van der Waals surface area contributed by atoms with Crippen LogP contribution in [0.1, 0.15) is 30.7 Å². The molecule has 0 aromatic carbocycles. The van der Waals surface area contributed by atoms with Crippen LogP contribution >= 0.6 is 0 Å². The van der Waals surface area contributed by atoms with E-state index in [2.05, 4.69) is 24.8 Å². The molecule has 3 aliphatic rings. The Morgan fingerprint density at radius 1 is 1.11 bits per heavy atom. The number of carbonyl (C=O) groups is 1. The summed E-state index contributed by atoms with van der Waals surface area (Å²) < 4.78 is 5.94. The molecule has 2 aromatic heterocycles. The number of piperazine rings is 1. The van der Waals surface area contributed by atoms with Gasteiger partial charge in [-0.2, -0.15) is 0 Å². The highest BCUT2D eigenvalue weighted by Gasteiger charge is 2.30. The first kappa shape index (κ1) is 17.8. The standard InChI is InChI=1S/C20H26N6O2/c27-19(26-8-6-25(7-9-26)16-2-1-3-16)13-24-5-4-17-18(12-24)28-20(23-17)15-10-21-14-22-11-15/h10-11,14,16H,1-9,12-13H2. The Balaban J connectivity index is 1.16. The molecule has 0 unspecified atom stereocenters. The van der Waals surface area contributed by atoms with Gasteiger partial charge in [0.1, 0.15) is 12.1 Å². The molecule has 8 nitrogen and oxygen atoms in total. The van der Waals surface area contributed by atoms with Crippen LogP contribution in [0.15, 0.2) is 23.1 Å². The van der Waals surface area contributed by atoms with Crippen molar-refractivity contribution in [1.82, 2.24) is 29.7 Å². The molecule has 0 N–H and O–H groups in total. The van der Waals surface area contributed by atoms with Crippen molar-refractivity contribution in [2.45, 2.75) is 38.3 Å². The van der Waals surface area contributed by atoms with Gasteiger partial charge in [-0.1, -0.05) is 6.42 Å². The molecular formula is C20H26N6O2. The maximum absolute atomic E-state index is 12.8. The monoisotopic (exact) mass is 382 g/mol. The Morgan fingerprint density at radius 3 is 2.61 bits per heavy atom. The van der Waals surface area contributed by atoms with Crippen molar-refractivity contribution in [2.75, 3.05) is 39.3 Å². The molecule has 2 aliphatic heterocycles. The zero-order chi connectivity index (χ0) is 18.9. The van der Waals surface area contributed by atoms with Crippen molar-refractivity contribution >= 4 is 5.91 Å². The fourth-order valence-corrected chi connectivity index (χ4v) is 4.30. The van der Waals surface area contributed by atoms with Crippen LogP contribution in [0.3, 0.4) is 0 Å². The molecule has 0 atom stereocenters. The Bertz CT molecular complexity index is 826. The van der Waals surface area contributed by atoms with E-state index in [9.17, 15) is 4.79 Å². The molecule has 8 heteroatoms. The third kappa shape index (κ3) is 3.54. The molecule has 0 spiro atoms. The van der Waals surface area contributed by atoms with E-state index in [0.717, 1.165) is 62.2 Å². The van der Waals surface area contributed by atoms with E-state index in [1.807, 2.05) is 4.90 Å². The summed E-state index contributed by atoms with van der Waals surface area (Å²) in [6, 6.07) is 0.772. The summed E-state index contributed by atoms with van der Waals surface area (Å²) in [5.41, 5.74) is 1.76. The number of nitrogens with zero attached hydrogens (tertiary/aromatic N) is 6. The van der Waals surface area contributed by atoms with E-state index in [-0.39, 0.29) is 5.91 Å². The quantitative estimate of drug-likeness (QED) is 0.786. The predicted molar refractivity (Wildman–Crippen MR) is 102 cm³/mol. The fraction of sp³-hybridized carbons (Fsp3) is 0.600. The lowest BCUT2D eigenvalue weighted by Crippen LogP contribution is -2.55. The number of rotatable bonds is 4. The van der Waals surface area contributed by atoms with Gasteiger partial charge in [0.2, 0.25) is 11.8 Å². The van der Waals surface area contributed by atoms with E-state index in [4.69, 9.17) is 4.42 Å². The zero-order valence-electron chi connectivity index (χ0n) is 16.1. The van der Waals surface area contributed by atoms with Crippen LogP contribution in [0, 0.1) is 0 Å². The maximum atomic E-state index is 12.8. The number of amides is 1. The molecule has 1 aliphatic carbocycles. The molecule has 0 bridgehead atoms. The number of aromatic nitrogens is 3. The van der Waals surface area contributed by atoms with Crippen molar-refractivity contribution in [3.8, 4) is 11.5 Å². The molecule has 1 amide bonds. The predicted octanol–water partition coefficient (Wildman–Crippen LogP) is 1.19. The van der Waals surface area contributed by atoms with Gasteiger partial charge in [0, 0.05) is 57.6 Å². The van der Waals surface area contributed by atoms with Crippen LogP contribution in [-0.4, -0.2) is 80.9 Å². The van der Waals surface area contributed by atoms with Gasteiger partial charge in [-0.25, -0.2) is 15.0 Å². The summed E-state index contributed by atoms with van der Waals surface area (Å²) in [7, 11) is 0. The highest BCUT2D eigenvalue weighted by Crippen LogP contribution is 2.27. The highest BCUT2D eigenvalue weighted by molar-refractivity contribution is 5.78. The first-order valence-corrected chi connectivity index (χ1v) is 10.2. The van der Waals surface area contributed by atoms with Crippen molar-refractivity contribution in [1.29, 1.82) is 0 Å². The van der Waals surface area contributed by atoms with Crippen LogP contribution in [0.5, 0.6) is 0 Å². The summed E-state index contributed by atoms with van der Waals surface area (Å²) in [6.07, 6.45) is 9.72. The molecule has 1 saturated heterocycles. The van der Waals surface area contributed by atoms with Gasteiger partial charge < -0.3 is 9.32 Å². The smallest absolute Gasteiger partial charge is 0.236 e. The van der Waals surface area contributed by atoms with Gasteiger partial charge in [-0.15, -0.1) is 0 Å². The Kier molecular flexibility index (Phi) is 4.82. The van der Waals surface area contributed by atoms with E-state index >= 15 is 0 Å². The minimum atomic E-state index is 0.230. The van der Waals surface area contributed by atoms with E-state index < -0.39 is 0 Å². The third-order valence-electron chi connectivity index (χ3n) is 6.23. The topological polar surface area (TPSA) is 78.6 Å². The third-order valence-corrected chi connectivity index (χ3v) is 6.23. The molecule has 1 saturated carbocycles. The average molecular weight is 382 g/mol. The second kappa shape index (κ2) is 7.60. The minimum Gasteiger partial charge on any atom is -0.439 e. The van der Waals surface area contributed by atoms with Gasteiger partial charge in [-0.05, 0) is 12.8 Å². The lowest BCUT2D eigenvalue weighted by atomic mass is 9.91. The Hall–Kier alpha value is -2.32. The Labute approximate surface area is 164 Å². The number of hydrogen-bond acceptors (Lipinski definition) is 7. The van der Waals surface area contributed by atoms with Crippen molar-refractivity contribution < 1.29 is 9.21 Å². The van der Waals surface area contributed by atoms with E-state index in [1.54, 1.807) is 12.4 Å². The normalized spacial score (nSPS) is 21.4. The van der Waals surface area contributed by atoms with Gasteiger partial charge in [0.15, 0.2) is 0 Å². The number of carbonyl (C=O) groups excluding carboxylic acids is 1. The number of hydrogen-bond donors (Lipinski definition) is 0. The van der Waals surface area contributed by atoms with Gasteiger partial charge >= 0.3 is 0 Å². The van der Waals surface area contributed by atoms with Crippen LogP contribution in [-0.2, 0) is 17.8 Å². The molecule has 2 aromatic rings. The van der Waals surface area contributed by atoms with Crippen LogP contribution < -0.4 is 0 Å². The maximum Gasteiger partial charge on any atom is 0.236 e. The lowest BCUT2D eigenvalue weighted by Gasteiger charge is -2.43. The fourth-order valence-electron chi connectivity index (χ4n) is 4.30. The summed E-state index contributed by atoms with van der Waals surface area (Å²) >= 11 is 0. The second-order valence-corrected chi connectivity index (χ2v) is 7.98. The van der Waals surface area contributed by atoms with Crippen molar-refractivity contribution in [3.05, 3.63) is 30.2 Å². The summed E-state index contributed by atoms with van der Waals surface area (Å²) in [5.74, 6) is 1.64. The first-order valence-electron chi connectivity index (χ1n) is 10.2. The largest absolute Gasteiger partial charge is 0.439 e. The van der Waals surface area contributed by atoms with Crippen molar-refractivity contribution in [2.24, 2.45) is 0 Å². The van der Waals surface area contributed by atoms with Gasteiger partial charge in [0.25, 0.3) is 0 Å². The summed E-state index contributed by atoms with van der Waals surface area (Å²) in [4.78, 5) is 32.2. The molecule has 2 fully saturated rings. The lowest BCUT2D eigenvalue weighted by molar-refractivity contribution is -0.135. The number of oxazole rings is 1. The molecular weight excluding hydrogens is 356 g/mol. The van der Waals surface area contributed by atoms with Crippen LogP contribution in [0.2, 0.25) is 0 Å². The molecule has 148 valence electrons. The van der Waals surface area contributed by atoms with Crippen LogP contribution in [0.4, 0.5) is 0 Å². The van der Waals surface area contributed by atoms with E-state index in [1.165, 1.54) is 25.6 Å². The summed E-state index contributed by atoms with van der Waals surface area (Å²) in [6.45, 7) is 5.66. The number of fused-ring (bicyclic) bond motifs is 1. The molecule has 28 heavy (non-hydrogen) atoms. The summed E-state index contributed by atoms with van der Waals surface area (Å²) in [5, 5.41) is 0. The van der Waals surface area contributed by atoms with E-state index in [0.29, 0.717) is 19.0 Å². The van der Waals surface area contributed by atoms with Crippen molar-refractivity contribution in [3.63, 3.8) is 0 Å². The molecule has 4 heterocycles. The second-order valence-electron chi connectivity index (χ2n) is 7.98. The SMILES string of the molecule is O=C(CN1CCc2nc(-c3cncnc3)oc2C1)N1CCN(C2CCC2)CC1. The van der Waals surface area contributed by atoms with Crippen LogP contribution in [0.25, 0.3) is 11.5 Å².